The molecule has 118 valence electrons. The van der Waals surface area contributed by atoms with Gasteiger partial charge in [0.05, 0.1) is 17.5 Å². The Hall–Kier alpha value is -1.56. The number of aromatic amines is 1. The lowest BCUT2D eigenvalue weighted by Crippen LogP contribution is -2.62. The summed E-state index contributed by atoms with van der Waals surface area (Å²) in [5.41, 5.74) is 7.52. The first-order valence-corrected chi connectivity index (χ1v) is 7.66. The molecular formula is C15H26N4O2. The summed E-state index contributed by atoms with van der Waals surface area (Å²) in [6.07, 6.45) is 2.78. The maximum absolute atomic E-state index is 12.3. The third-order valence-electron chi connectivity index (χ3n) is 4.45. The summed E-state index contributed by atoms with van der Waals surface area (Å²) >= 11 is 0. The summed E-state index contributed by atoms with van der Waals surface area (Å²) < 4.78 is 5.67. The van der Waals surface area contributed by atoms with Gasteiger partial charge in [-0.2, -0.15) is 5.10 Å². The molecule has 1 amide bonds. The molecule has 0 aliphatic heterocycles. The highest BCUT2D eigenvalue weighted by Crippen LogP contribution is 2.42. The molecule has 0 spiro atoms. The summed E-state index contributed by atoms with van der Waals surface area (Å²) in [6, 6.07) is 0.0901. The minimum absolute atomic E-state index is 0.0665. The third-order valence-corrected chi connectivity index (χ3v) is 4.45. The number of nitrogens with two attached hydrogens (primary N) is 1. The van der Waals surface area contributed by atoms with Crippen LogP contribution in [0.25, 0.3) is 0 Å². The minimum atomic E-state index is -0.209. The van der Waals surface area contributed by atoms with E-state index in [0.717, 1.165) is 25.0 Å². The van der Waals surface area contributed by atoms with Gasteiger partial charge in [-0.15, -0.1) is 0 Å². The van der Waals surface area contributed by atoms with Crippen LogP contribution >= 0.6 is 0 Å². The number of nitrogen functional groups attached to an aromatic ring is 1. The lowest BCUT2D eigenvalue weighted by atomic mass is 9.64. The van der Waals surface area contributed by atoms with Gasteiger partial charge in [-0.1, -0.05) is 27.2 Å². The Labute approximate surface area is 125 Å². The van der Waals surface area contributed by atoms with E-state index in [9.17, 15) is 4.79 Å². The number of aromatic nitrogens is 2. The van der Waals surface area contributed by atoms with E-state index in [1.807, 2.05) is 6.92 Å². The molecule has 4 N–H and O–H groups in total. The van der Waals surface area contributed by atoms with Gasteiger partial charge in [-0.25, -0.2) is 0 Å². The Morgan fingerprint density at radius 1 is 1.52 bits per heavy atom. The molecule has 0 saturated heterocycles. The van der Waals surface area contributed by atoms with Crippen molar-refractivity contribution in [3.05, 3.63) is 11.4 Å². The number of hydrogen-bond acceptors (Lipinski definition) is 4. The van der Waals surface area contributed by atoms with E-state index in [0.29, 0.717) is 18.0 Å². The van der Waals surface area contributed by atoms with Crippen LogP contribution in [0.3, 0.4) is 0 Å². The Kier molecular flexibility index (Phi) is 4.56. The molecule has 1 fully saturated rings. The molecule has 1 aliphatic rings. The van der Waals surface area contributed by atoms with Gasteiger partial charge in [-0.3, -0.25) is 9.89 Å². The normalized spacial score (nSPS) is 23.6. The summed E-state index contributed by atoms with van der Waals surface area (Å²) in [7, 11) is 0. The maximum Gasteiger partial charge on any atom is 0.274 e. The van der Waals surface area contributed by atoms with Crippen LogP contribution in [0.1, 0.15) is 56.7 Å². The quantitative estimate of drug-likeness (QED) is 0.746. The van der Waals surface area contributed by atoms with Crippen molar-refractivity contribution in [2.24, 2.45) is 5.41 Å². The Morgan fingerprint density at radius 3 is 2.81 bits per heavy atom. The number of amides is 1. The summed E-state index contributed by atoms with van der Waals surface area (Å²) in [6.45, 7) is 8.96. The molecule has 21 heavy (non-hydrogen) atoms. The zero-order valence-corrected chi connectivity index (χ0v) is 13.3. The molecule has 1 aromatic heterocycles. The average Bonchev–Trinajstić information content (AvgIpc) is 2.79. The third kappa shape index (κ3) is 2.90. The van der Waals surface area contributed by atoms with Crippen LogP contribution in [0.4, 0.5) is 5.69 Å². The van der Waals surface area contributed by atoms with Crippen molar-refractivity contribution in [3.63, 3.8) is 0 Å². The van der Waals surface area contributed by atoms with Crippen LogP contribution in [-0.4, -0.2) is 34.9 Å². The van der Waals surface area contributed by atoms with E-state index in [2.05, 4.69) is 36.3 Å². The zero-order valence-electron chi connectivity index (χ0n) is 13.3. The number of aryl methyl sites for hydroxylation is 1. The van der Waals surface area contributed by atoms with Gasteiger partial charge in [0, 0.05) is 18.1 Å². The lowest BCUT2D eigenvalue weighted by Gasteiger charge is -2.51. The van der Waals surface area contributed by atoms with Crippen molar-refractivity contribution in [2.45, 2.75) is 59.1 Å². The van der Waals surface area contributed by atoms with Crippen LogP contribution in [0.15, 0.2) is 0 Å². The number of rotatable bonds is 6. The predicted octanol–water partition coefficient (Wildman–Crippen LogP) is 1.88. The van der Waals surface area contributed by atoms with Crippen LogP contribution in [0.5, 0.6) is 0 Å². The number of carbonyl (C=O) groups excluding carboxylic acids is 1. The van der Waals surface area contributed by atoms with Crippen molar-refractivity contribution in [1.82, 2.24) is 15.5 Å². The SMILES string of the molecule is CCCc1[nH]nc(C(=O)NC2CC(OCC)C2(C)C)c1N. The van der Waals surface area contributed by atoms with Crippen molar-refractivity contribution >= 4 is 11.6 Å². The monoisotopic (exact) mass is 294 g/mol. The maximum atomic E-state index is 12.3. The highest BCUT2D eigenvalue weighted by molar-refractivity contribution is 5.97. The minimum Gasteiger partial charge on any atom is -0.395 e. The van der Waals surface area contributed by atoms with E-state index in [1.165, 1.54) is 0 Å². The second-order valence-corrected chi connectivity index (χ2v) is 6.24. The summed E-state index contributed by atoms with van der Waals surface area (Å²) in [5.74, 6) is -0.209. The Morgan fingerprint density at radius 2 is 2.24 bits per heavy atom. The Balaban J connectivity index is 2.00. The topological polar surface area (TPSA) is 93.0 Å². The van der Waals surface area contributed by atoms with E-state index in [1.54, 1.807) is 0 Å². The first-order valence-electron chi connectivity index (χ1n) is 7.66. The largest absolute Gasteiger partial charge is 0.395 e. The lowest BCUT2D eigenvalue weighted by molar-refractivity contribution is -0.111. The van der Waals surface area contributed by atoms with Crippen molar-refractivity contribution in [3.8, 4) is 0 Å². The van der Waals surface area contributed by atoms with E-state index >= 15 is 0 Å². The van der Waals surface area contributed by atoms with Crippen molar-refractivity contribution < 1.29 is 9.53 Å². The molecule has 1 aromatic rings. The molecule has 1 saturated carbocycles. The van der Waals surface area contributed by atoms with Gasteiger partial charge in [-0.05, 0) is 19.8 Å². The molecule has 2 atom stereocenters. The molecule has 0 aromatic carbocycles. The number of H-pyrrole nitrogens is 1. The molecule has 1 heterocycles. The second-order valence-electron chi connectivity index (χ2n) is 6.24. The molecule has 6 heteroatoms. The molecule has 0 radical (unpaired) electrons. The molecule has 1 aliphatic carbocycles. The van der Waals surface area contributed by atoms with Gasteiger partial charge in [0.15, 0.2) is 5.69 Å². The fourth-order valence-corrected chi connectivity index (χ4v) is 2.84. The second kappa shape index (κ2) is 6.05. The fraction of sp³-hybridized carbons (Fsp3) is 0.733. The van der Waals surface area contributed by atoms with Crippen LogP contribution in [0.2, 0.25) is 0 Å². The highest BCUT2D eigenvalue weighted by Gasteiger charge is 2.49. The summed E-state index contributed by atoms with van der Waals surface area (Å²) in [4.78, 5) is 12.3. The van der Waals surface area contributed by atoms with E-state index < -0.39 is 0 Å². The number of nitrogens with one attached hydrogen (secondary N) is 2. The number of hydrogen-bond donors (Lipinski definition) is 3. The molecule has 2 unspecified atom stereocenters. The smallest absolute Gasteiger partial charge is 0.274 e. The molecular weight excluding hydrogens is 268 g/mol. The number of carbonyl (C=O) groups is 1. The molecule has 2 rings (SSSR count). The zero-order chi connectivity index (χ0) is 15.6. The van der Waals surface area contributed by atoms with E-state index in [4.69, 9.17) is 10.5 Å². The van der Waals surface area contributed by atoms with Crippen LogP contribution < -0.4 is 11.1 Å². The van der Waals surface area contributed by atoms with Gasteiger partial charge in [0.1, 0.15) is 0 Å². The highest BCUT2D eigenvalue weighted by atomic mass is 16.5. The predicted molar refractivity (Wildman–Crippen MR) is 82.1 cm³/mol. The van der Waals surface area contributed by atoms with Crippen molar-refractivity contribution in [1.29, 1.82) is 0 Å². The van der Waals surface area contributed by atoms with Gasteiger partial charge in [0.25, 0.3) is 5.91 Å². The summed E-state index contributed by atoms with van der Waals surface area (Å²) in [5, 5.41) is 9.94. The van der Waals surface area contributed by atoms with Gasteiger partial charge in [0.2, 0.25) is 0 Å². The van der Waals surface area contributed by atoms with Gasteiger partial charge >= 0.3 is 0 Å². The first-order chi connectivity index (χ1) is 9.91. The number of nitrogens with zero attached hydrogens (tertiary/aromatic N) is 1. The Bertz CT molecular complexity index is 510. The number of ether oxygens (including phenoxy) is 1. The fourth-order valence-electron chi connectivity index (χ4n) is 2.84. The first kappa shape index (κ1) is 15.8. The average molecular weight is 294 g/mol. The molecule has 6 nitrogen and oxygen atoms in total. The van der Waals surface area contributed by atoms with E-state index in [-0.39, 0.29) is 23.5 Å². The van der Waals surface area contributed by atoms with Crippen LogP contribution in [0, 0.1) is 5.41 Å². The van der Waals surface area contributed by atoms with Crippen LogP contribution in [-0.2, 0) is 11.2 Å². The number of anilines is 1. The standard InChI is InChI=1S/C15H26N4O2/c1-5-7-9-12(16)13(19-18-9)14(20)17-10-8-11(21-6-2)15(10,3)4/h10-11H,5-8,16H2,1-4H3,(H,17,20)(H,18,19). The van der Waals surface area contributed by atoms with Crippen molar-refractivity contribution in [2.75, 3.05) is 12.3 Å². The van der Waals surface area contributed by atoms with Gasteiger partial charge < -0.3 is 15.8 Å². The molecule has 0 bridgehead atoms.